The van der Waals surface area contributed by atoms with E-state index in [0.29, 0.717) is 19.3 Å². The minimum atomic E-state index is -1.33. The van der Waals surface area contributed by atoms with Gasteiger partial charge < -0.3 is 71.4 Å². The summed E-state index contributed by atoms with van der Waals surface area (Å²) in [6.07, 6.45) is 3.17. The molecular weight excluding hydrogens is 1690 g/mol. The Kier molecular flexibility index (Phi) is 32.2. The SMILES string of the molecule is C[C@@H](C(=O)N[C@H](C(=O)N1C[C@@H](CC(=O)c2cc(C(=O)N[C@H]3C[C@@H](C(=O)N[C@@H]4CCCc5ccccc54)N(C(=O)[C@@H](NC(=O)[C@H](C)N(C)C(=O)OC(C)(C)C)C(C)(C)C)C3)cc(C(=O)N[C@H]3C[C@@H](C(=O)N[C@@H]4CCCc5ccccc54)N(C(=O)[C@@H](NC(=O)[C@H](C)N(C)C(=O)OC(C)(C)C)C(C)(C)C)C3)c2)C[C@H]1C(=O)N[C@@H]1CCCc2ccccc21)C(C)(C)C)N(C)C(=O)OC(C)(C)C. The molecule has 0 bridgehead atoms. The first-order chi connectivity index (χ1) is 61.4. The van der Waals surface area contributed by atoms with Crippen molar-refractivity contribution in [1.29, 1.82) is 0 Å². The Balaban J connectivity index is 1.02. The number of ether oxygens (including phenoxy) is 3. The summed E-state index contributed by atoms with van der Waals surface area (Å²) in [7, 11) is 4.20. The van der Waals surface area contributed by atoms with Crippen LogP contribution in [0.25, 0.3) is 0 Å². The molecule has 3 fully saturated rings. The number of hydrogen-bond donors (Lipinski definition) is 8. The molecule has 0 aromatic heterocycles. The molecule has 0 unspecified atom stereocenters. The molecule has 132 heavy (non-hydrogen) atoms. The number of likely N-dealkylation sites (N-methyl/N-ethyl adjacent to an activating group) is 3. The van der Waals surface area contributed by atoms with Crippen molar-refractivity contribution in [3.05, 3.63) is 141 Å². The quantitative estimate of drug-likeness (QED) is 0.0226. The second-order valence-electron chi connectivity index (χ2n) is 43.0. The van der Waals surface area contributed by atoms with Crippen molar-refractivity contribution in [1.82, 2.24) is 71.9 Å². The summed E-state index contributed by atoms with van der Waals surface area (Å²) >= 11 is 0. The summed E-state index contributed by atoms with van der Waals surface area (Å²) in [5.41, 5.74) is -0.614. The molecule has 10 rings (SSSR count). The van der Waals surface area contributed by atoms with E-state index in [-0.39, 0.29) is 62.0 Å². The van der Waals surface area contributed by atoms with Gasteiger partial charge in [0.1, 0.15) is 71.2 Å². The molecule has 6 aliphatic rings. The lowest BCUT2D eigenvalue weighted by molar-refractivity contribution is -0.144. The van der Waals surface area contributed by atoms with Crippen molar-refractivity contribution < 1.29 is 86.1 Å². The third kappa shape index (κ3) is 25.7. The van der Waals surface area contributed by atoms with Crippen LogP contribution in [-0.4, -0.2) is 242 Å². The molecule has 3 aliphatic heterocycles. The fraction of sp³-hybridized carbons (Fsp3) is 0.610. The number of benzene rings is 4. The normalized spacial score (nSPS) is 21.7. The van der Waals surface area contributed by atoms with Crippen LogP contribution in [0.1, 0.15) is 292 Å². The Morgan fingerprint density at radius 3 is 0.932 bits per heavy atom. The first kappa shape index (κ1) is 103. The number of aryl methyl sites for hydroxylation is 3. The van der Waals surface area contributed by atoms with Crippen LogP contribution in [-0.2, 0) is 76.6 Å². The first-order valence-corrected chi connectivity index (χ1v) is 46.5. The molecule has 14 amide bonds. The summed E-state index contributed by atoms with van der Waals surface area (Å²) in [5.74, 6) is -8.88. The van der Waals surface area contributed by atoms with E-state index < -0.39 is 213 Å². The van der Waals surface area contributed by atoms with E-state index in [1.807, 2.05) is 72.8 Å². The van der Waals surface area contributed by atoms with Gasteiger partial charge in [0, 0.05) is 76.0 Å². The highest BCUT2D eigenvalue weighted by Gasteiger charge is 2.52. The Bertz CT molecular complexity index is 4510. The Labute approximate surface area is 777 Å². The number of carbonyl (C=O) groups excluding carboxylic acids is 15. The van der Waals surface area contributed by atoms with Crippen molar-refractivity contribution in [2.45, 2.75) is 330 Å². The molecular formula is C100H142N14O18. The molecule has 32 heteroatoms. The van der Waals surface area contributed by atoms with Gasteiger partial charge in [-0.3, -0.25) is 72.2 Å². The molecule has 15 atom stereocenters. The number of carbonyl (C=O) groups is 15. The number of nitrogens with zero attached hydrogens (tertiary/aromatic N) is 6. The van der Waals surface area contributed by atoms with Crippen LogP contribution in [0.3, 0.4) is 0 Å². The Morgan fingerprint density at radius 1 is 0.371 bits per heavy atom. The highest BCUT2D eigenvalue weighted by molar-refractivity contribution is 6.06. The Hall–Kier alpha value is -11.5. The zero-order valence-electron chi connectivity index (χ0n) is 81.7. The lowest BCUT2D eigenvalue weighted by Gasteiger charge is -2.37. The van der Waals surface area contributed by atoms with Crippen LogP contribution >= 0.6 is 0 Å². The van der Waals surface area contributed by atoms with Crippen LogP contribution in [0.2, 0.25) is 0 Å². The average molecular weight is 1830 g/mol. The maximum absolute atomic E-state index is 15.8. The summed E-state index contributed by atoms with van der Waals surface area (Å²) in [4.78, 5) is 231. The summed E-state index contributed by atoms with van der Waals surface area (Å²) < 4.78 is 16.7. The number of Topliss-reactive ketones (excluding diaryl/α,β-unsaturated/α-hetero) is 1. The number of rotatable bonds is 25. The molecule has 3 saturated heterocycles. The van der Waals surface area contributed by atoms with Gasteiger partial charge in [0.25, 0.3) is 11.8 Å². The summed E-state index contributed by atoms with van der Waals surface area (Å²) in [6, 6.07) is 12.5. The van der Waals surface area contributed by atoms with E-state index in [4.69, 9.17) is 14.2 Å². The van der Waals surface area contributed by atoms with Gasteiger partial charge in [0.05, 0.1) is 18.1 Å². The summed E-state index contributed by atoms with van der Waals surface area (Å²) in [6.45, 7) is 34.5. The minimum absolute atomic E-state index is 0.0740. The van der Waals surface area contributed by atoms with Crippen molar-refractivity contribution in [2.24, 2.45) is 22.2 Å². The standard InChI is InChI=1S/C100H142N14O18/c1-56(109(22)92(127)130-98(13,14)15)81(116)106-78(95(4,5)6)89(124)112-53-59(46-74(112)86(121)103-71-43-31-37-60-34-25-28-40-68(60)71)47-77(115)63-48-64(84(119)101-66-51-75(87(122)104-72-44-32-38-61-35-26-29-41-69(61)72)113(54-66)90(125)79(96(7,8)9)107-82(117)57(2)110(23)93(128)131-99(16,17)18)50-65(49-63)85(120)102-67-52-76(88(123)105-73-45-33-39-62-36-27-30-42-70(62)73)114(55-67)91(126)80(97(10,11)12)108-83(118)58(3)111(24)94(129)132-100(19,20)21/h25-30,34-36,40-42,48-50,56-59,66-67,71-76,78-80H,31-33,37-39,43-47,51-55H2,1-24H3,(H,101,119)(H,102,120)(H,103,121)(H,104,122)(H,105,123)(H,106,116)(H,107,117)(H,108,118)/t56-,57-,58-,59+,66-,67-,71+,72+,73+,74-,75-,76-,78+,79+,80+/m0/s1. The van der Waals surface area contributed by atoms with Gasteiger partial charge in [-0.05, 0) is 234 Å². The van der Waals surface area contributed by atoms with Gasteiger partial charge >= 0.3 is 18.3 Å². The van der Waals surface area contributed by atoms with Crippen LogP contribution in [0.4, 0.5) is 14.4 Å². The number of likely N-dealkylation sites (tertiary alicyclic amines) is 3. The number of amides is 14. The second kappa shape index (κ2) is 41.3. The van der Waals surface area contributed by atoms with Gasteiger partial charge in [-0.1, -0.05) is 135 Å². The molecule has 0 spiro atoms. The number of nitrogens with one attached hydrogen (secondary N) is 8. The molecule has 4 aromatic carbocycles. The van der Waals surface area contributed by atoms with Crippen molar-refractivity contribution in [2.75, 3.05) is 40.8 Å². The van der Waals surface area contributed by atoms with Crippen molar-refractivity contribution in [3.63, 3.8) is 0 Å². The van der Waals surface area contributed by atoms with E-state index in [9.17, 15) is 28.8 Å². The molecule has 8 N–H and O–H groups in total. The molecule has 0 saturated carbocycles. The molecule has 32 nitrogen and oxygen atoms in total. The third-order valence-corrected chi connectivity index (χ3v) is 25.9. The average Bonchev–Trinajstić information content (AvgIpc) is 1.65. The molecule has 720 valence electrons. The van der Waals surface area contributed by atoms with E-state index in [1.54, 1.807) is 125 Å². The van der Waals surface area contributed by atoms with Crippen LogP contribution in [0.5, 0.6) is 0 Å². The largest absolute Gasteiger partial charge is 0.444 e. The van der Waals surface area contributed by atoms with Crippen molar-refractivity contribution in [3.8, 4) is 0 Å². The number of hydrogen-bond acceptors (Lipinski definition) is 18. The smallest absolute Gasteiger partial charge is 0.410 e. The maximum Gasteiger partial charge on any atom is 0.410 e. The zero-order valence-corrected chi connectivity index (χ0v) is 81.7. The van der Waals surface area contributed by atoms with Crippen LogP contribution in [0.15, 0.2) is 91.0 Å². The second-order valence-corrected chi connectivity index (χ2v) is 43.0. The molecule has 4 aromatic rings. The lowest BCUT2D eigenvalue weighted by Crippen LogP contribution is -2.60. The maximum atomic E-state index is 15.8. The van der Waals surface area contributed by atoms with Crippen molar-refractivity contribution >= 4 is 89.0 Å². The topological polar surface area (TPSA) is 399 Å². The number of ketones is 1. The van der Waals surface area contributed by atoms with Gasteiger partial charge in [-0.2, -0.15) is 0 Å². The highest BCUT2D eigenvalue weighted by Crippen LogP contribution is 2.39. The van der Waals surface area contributed by atoms with Crippen LogP contribution < -0.4 is 42.5 Å². The predicted octanol–water partition coefficient (Wildman–Crippen LogP) is 10.8. The van der Waals surface area contributed by atoms with E-state index in [2.05, 4.69) is 42.5 Å². The third-order valence-electron chi connectivity index (χ3n) is 25.9. The molecule has 3 heterocycles. The van der Waals surface area contributed by atoms with E-state index >= 15 is 43.2 Å². The lowest BCUT2D eigenvalue weighted by atomic mass is 9.85. The van der Waals surface area contributed by atoms with Gasteiger partial charge in [-0.15, -0.1) is 0 Å². The fourth-order valence-electron chi connectivity index (χ4n) is 18.1. The van der Waals surface area contributed by atoms with E-state index in [0.717, 1.165) is 86.6 Å². The fourth-order valence-corrected chi connectivity index (χ4v) is 18.1. The molecule has 3 aliphatic carbocycles. The monoisotopic (exact) mass is 1830 g/mol. The number of fused-ring (bicyclic) bond motifs is 3. The molecule has 0 radical (unpaired) electrons. The predicted molar refractivity (Wildman–Crippen MR) is 497 cm³/mol. The van der Waals surface area contributed by atoms with Gasteiger partial charge in [0.15, 0.2) is 5.78 Å². The zero-order chi connectivity index (χ0) is 97.7. The van der Waals surface area contributed by atoms with E-state index in [1.165, 1.54) is 74.8 Å². The van der Waals surface area contributed by atoms with Crippen LogP contribution in [0, 0.1) is 22.2 Å². The van der Waals surface area contributed by atoms with Gasteiger partial charge in [0.2, 0.25) is 53.2 Å². The summed E-state index contributed by atoms with van der Waals surface area (Å²) in [5, 5.41) is 24.4. The first-order valence-electron chi connectivity index (χ1n) is 46.5. The minimum Gasteiger partial charge on any atom is -0.444 e. The highest BCUT2D eigenvalue weighted by atomic mass is 16.6. The Morgan fingerprint density at radius 2 is 0.644 bits per heavy atom. The van der Waals surface area contributed by atoms with Gasteiger partial charge in [-0.25, -0.2) is 14.4 Å².